The first-order valence-electron chi connectivity index (χ1n) is 12.4. The summed E-state index contributed by atoms with van der Waals surface area (Å²) in [7, 11) is -7.15. The maximum atomic E-state index is 13.2. The van der Waals surface area contributed by atoms with Crippen LogP contribution in [0.4, 0.5) is 5.69 Å². The van der Waals surface area contributed by atoms with Crippen molar-refractivity contribution < 1.29 is 27.0 Å². The van der Waals surface area contributed by atoms with Crippen molar-refractivity contribution >= 4 is 25.7 Å². The van der Waals surface area contributed by atoms with Crippen LogP contribution in [0.15, 0.2) is 77.7 Å². The largest absolute Gasteiger partial charge is 0.506 e. The molecule has 0 unspecified atom stereocenters. The van der Waals surface area contributed by atoms with Gasteiger partial charge in [-0.05, 0) is 66.3 Å². The molecule has 204 valence electrons. The molecule has 0 bridgehead atoms. The van der Waals surface area contributed by atoms with E-state index in [4.69, 9.17) is 0 Å². The molecular formula is C27H33N3O6S2. The highest BCUT2D eigenvalue weighted by Gasteiger charge is 2.29. The molecular weight excluding hydrogens is 526 g/mol. The van der Waals surface area contributed by atoms with Crippen LogP contribution in [-0.4, -0.2) is 63.8 Å². The molecule has 11 heteroatoms. The van der Waals surface area contributed by atoms with Crippen LogP contribution in [0.25, 0.3) is 11.1 Å². The van der Waals surface area contributed by atoms with Crippen LogP contribution in [0.5, 0.6) is 5.75 Å². The molecule has 38 heavy (non-hydrogen) atoms. The first-order valence-corrected chi connectivity index (χ1v) is 15.7. The van der Waals surface area contributed by atoms with E-state index in [1.165, 1.54) is 22.5 Å². The molecule has 0 aromatic heterocycles. The number of anilines is 1. The van der Waals surface area contributed by atoms with Crippen molar-refractivity contribution in [1.82, 2.24) is 9.62 Å². The lowest BCUT2D eigenvalue weighted by atomic mass is 9.98. The number of nitrogens with zero attached hydrogens (tertiary/aromatic N) is 1. The Morgan fingerprint density at radius 1 is 0.921 bits per heavy atom. The van der Waals surface area contributed by atoms with Crippen LogP contribution < -0.4 is 10.0 Å². The summed E-state index contributed by atoms with van der Waals surface area (Å²) >= 11 is 0. The molecule has 4 N–H and O–H groups in total. The van der Waals surface area contributed by atoms with E-state index in [9.17, 15) is 27.0 Å². The minimum atomic E-state index is -3.57. The predicted octanol–water partition coefficient (Wildman–Crippen LogP) is 3.15. The molecule has 1 saturated heterocycles. The lowest BCUT2D eigenvalue weighted by molar-refractivity contribution is 0.169. The quantitative estimate of drug-likeness (QED) is 0.280. The van der Waals surface area contributed by atoms with Gasteiger partial charge >= 0.3 is 0 Å². The van der Waals surface area contributed by atoms with E-state index in [-0.39, 0.29) is 28.8 Å². The third kappa shape index (κ3) is 7.12. The van der Waals surface area contributed by atoms with Crippen LogP contribution in [0, 0.1) is 5.92 Å². The van der Waals surface area contributed by atoms with E-state index in [0.29, 0.717) is 38.0 Å². The van der Waals surface area contributed by atoms with Crippen molar-refractivity contribution in [2.45, 2.75) is 23.8 Å². The molecule has 4 rings (SSSR count). The highest BCUT2D eigenvalue weighted by molar-refractivity contribution is 7.92. The fourth-order valence-electron chi connectivity index (χ4n) is 4.54. The third-order valence-electron chi connectivity index (χ3n) is 6.64. The lowest BCUT2D eigenvalue weighted by Crippen LogP contribution is -2.41. The number of phenols is 1. The summed E-state index contributed by atoms with van der Waals surface area (Å²) in [4.78, 5) is 0.288. The number of sulfonamides is 2. The molecule has 1 fully saturated rings. The first kappa shape index (κ1) is 28.1. The third-order valence-corrected chi connectivity index (χ3v) is 9.15. The molecule has 1 heterocycles. The monoisotopic (exact) mass is 559 g/mol. The van der Waals surface area contributed by atoms with Gasteiger partial charge in [0.1, 0.15) is 5.75 Å². The summed E-state index contributed by atoms with van der Waals surface area (Å²) in [5, 5.41) is 23.6. The second-order valence-electron chi connectivity index (χ2n) is 9.56. The summed E-state index contributed by atoms with van der Waals surface area (Å²) in [6.45, 7) is 1.70. The van der Waals surface area contributed by atoms with Gasteiger partial charge in [0.15, 0.2) is 0 Å². The van der Waals surface area contributed by atoms with Crippen LogP contribution in [0.3, 0.4) is 0 Å². The average Bonchev–Trinajstić information content (AvgIpc) is 2.90. The Balaban J connectivity index is 1.27. The standard InChI is InChI=1S/C27H33N3O6S2/c1-37(33,34)29-25-17-23(9-12-26(25)31)27(32)19-28-18-20-13-15-30(16-14-20)38(35,36)24-10-7-22(8-11-24)21-5-3-2-4-6-21/h2-12,17,20,27-29,31-32H,13-16,18-19H2,1H3/t27-/m0/s1. The summed E-state index contributed by atoms with van der Waals surface area (Å²) in [6.07, 6.45) is 1.47. The van der Waals surface area contributed by atoms with E-state index < -0.39 is 26.2 Å². The Kier molecular flexibility index (Phi) is 8.74. The Hall–Kier alpha value is -2.96. The number of nitrogens with one attached hydrogen (secondary N) is 2. The van der Waals surface area contributed by atoms with E-state index in [1.807, 2.05) is 42.5 Å². The Morgan fingerprint density at radius 2 is 1.55 bits per heavy atom. The zero-order valence-corrected chi connectivity index (χ0v) is 22.7. The van der Waals surface area contributed by atoms with Gasteiger partial charge < -0.3 is 15.5 Å². The molecule has 3 aromatic carbocycles. The number of phenolic OH excluding ortho intramolecular Hbond substituents is 1. The Morgan fingerprint density at radius 3 is 2.18 bits per heavy atom. The summed E-state index contributed by atoms with van der Waals surface area (Å²) < 4.78 is 53.0. The van der Waals surface area contributed by atoms with Gasteiger partial charge in [-0.15, -0.1) is 0 Å². The SMILES string of the molecule is CS(=O)(=O)Nc1cc([C@@H](O)CNCC2CCN(S(=O)(=O)c3ccc(-c4ccccc4)cc3)CC2)ccc1O. The maximum Gasteiger partial charge on any atom is 0.243 e. The van der Waals surface area contributed by atoms with Gasteiger partial charge in [0.2, 0.25) is 20.0 Å². The number of aliphatic hydroxyl groups excluding tert-OH is 1. The van der Waals surface area contributed by atoms with Gasteiger partial charge in [0.25, 0.3) is 0 Å². The Labute approximate surface area is 224 Å². The van der Waals surface area contributed by atoms with Crippen LogP contribution >= 0.6 is 0 Å². The van der Waals surface area contributed by atoms with Gasteiger partial charge in [-0.25, -0.2) is 16.8 Å². The van der Waals surface area contributed by atoms with Gasteiger partial charge in [-0.2, -0.15) is 4.31 Å². The van der Waals surface area contributed by atoms with E-state index in [1.54, 1.807) is 12.1 Å². The van der Waals surface area contributed by atoms with Gasteiger partial charge in [0.05, 0.1) is 22.9 Å². The number of piperidine rings is 1. The second kappa shape index (κ2) is 11.8. The van der Waals surface area contributed by atoms with Gasteiger partial charge in [-0.3, -0.25) is 4.72 Å². The van der Waals surface area contributed by atoms with Crippen molar-refractivity contribution in [3.05, 3.63) is 78.4 Å². The number of benzene rings is 3. The molecule has 1 aliphatic rings. The second-order valence-corrected chi connectivity index (χ2v) is 13.2. The van der Waals surface area contributed by atoms with Crippen molar-refractivity contribution in [3.63, 3.8) is 0 Å². The minimum Gasteiger partial charge on any atom is -0.506 e. The van der Waals surface area contributed by atoms with Crippen molar-refractivity contribution in [1.29, 1.82) is 0 Å². The Bertz CT molecular complexity index is 1440. The maximum absolute atomic E-state index is 13.2. The number of hydrogen-bond acceptors (Lipinski definition) is 7. The number of hydrogen-bond donors (Lipinski definition) is 4. The highest BCUT2D eigenvalue weighted by Crippen LogP contribution is 2.29. The lowest BCUT2D eigenvalue weighted by Gasteiger charge is -2.31. The fraction of sp³-hybridized carbons (Fsp3) is 0.333. The normalized spacial score (nSPS) is 16.3. The molecule has 0 spiro atoms. The van der Waals surface area contributed by atoms with Gasteiger partial charge in [0, 0.05) is 19.6 Å². The summed E-state index contributed by atoms with van der Waals surface area (Å²) in [5.41, 5.74) is 2.46. The first-order chi connectivity index (χ1) is 18.0. The smallest absolute Gasteiger partial charge is 0.243 e. The predicted molar refractivity (Wildman–Crippen MR) is 148 cm³/mol. The van der Waals surface area contributed by atoms with E-state index in [2.05, 4.69) is 10.0 Å². The van der Waals surface area contributed by atoms with E-state index >= 15 is 0 Å². The van der Waals surface area contributed by atoms with Crippen molar-refractivity contribution in [2.75, 3.05) is 37.2 Å². The highest BCUT2D eigenvalue weighted by atomic mass is 32.2. The topological polar surface area (TPSA) is 136 Å². The molecule has 0 amide bonds. The van der Waals surface area contributed by atoms with Crippen molar-refractivity contribution in [2.24, 2.45) is 5.92 Å². The van der Waals surface area contributed by atoms with Crippen LogP contribution in [0.2, 0.25) is 0 Å². The number of aliphatic hydroxyl groups is 1. The molecule has 3 aromatic rings. The van der Waals surface area contributed by atoms with E-state index in [0.717, 1.165) is 17.4 Å². The number of rotatable bonds is 10. The molecule has 0 aliphatic carbocycles. The zero-order chi connectivity index (χ0) is 27.3. The summed E-state index contributed by atoms with van der Waals surface area (Å²) in [5.74, 6) is 0.0320. The van der Waals surface area contributed by atoms with Crippen molar-refractivity contribution in [3.8, 4) is 16.9 Å². The molecule has 0 saturated carbocycles. The van der Waals surface area contributed by atoms with Crippen LogP contribution in [-0.2, 0) is 20.0 Å². The zero-order valence-electron chi connectivity index (χ0n) is 21.1. The molecule has 9 nitrogen and oxygen atoms in total. The molecule has 1 atom stereocenters. The summed E-state index contributed by atoms with van der Waals surface area (Å²) in [6, 6.07) is 21.1. The average molecular weight is 560 g/mol. The van der Waals surface area contributed by atoms with Crippen LogP contribution in [0.1, 0.15) is 24.5 Å². The van der Waals surface area contributed by atoms with Gasteiger partial charge in [-0.1, -0.05) is 48.5 Å². The molecule has 0 radical (unpaired) electrons. The fourth-order valence-corrected chi connectivity index (χ4v) is 6.57. The molecule has 1 aliphatic heterocycles. The number of aromatic hydroxyl groups is 1. The minimum absolute atomic E-state index is 0.00679.